The van der Waals surface area contributed by atoms with E-state index in [1.165, 1.54) is 5.57 Å². The van der Waals surface area contributed by atoms with E-state index in [9.17, 15) is 24.6 Å². The van der Waals surface area contributed by atoms with E-state index >= 15 is 0 Å². The van der Waals surface area contributed by atoms with Gasteiger partial charge in [0.1, 0.15) is 5.60 Å². The summed E-state index contributed by atoms with van der Waals surface area (Å²) in [6.07, 6.45) is 5.73. The maximum Gasteiger partial charge on any atom is 0.305 e. The average Bonchev–Trinajstić information content (AvgIpc) is 2.97. The van der Waals surface area contributed by atoms with E-state index in [1.807, 2.05) is 6.92 Å². The fourth-order valence-corrected chi connectivity index (χ4v) is 7.52. The predicted octanol–water partition coefficient (Wildman–Crippen LogP) is 2.74. The van der Waals surface area contributed by atoms with Gasteiger partial charge in [0.15, 0.2) is 12.4 Å². The van der Waals surface area contributed by atoms with Gasteiger partial charge in [-0.2, -0.15) is 0 Å². The number of hydrogen-bond donors (Lipinski definition) is 2. The fraction of sp³-hybridized carbons (Fsp3) is 0.792. The summed E-state index contributed by atoms with van der Waals surface area (Å²) in [6, 6.07) is 0. The van der Waals surface area contributed by atoms with Gasteiger partial charge in [0.2, 0.25) is 5.78 Å². The summed E-state index contributed by atoms with van der Waals surface area (Å²) < 4.78 is 5.04. The van der Waals surface area contributed by atoms with Gasteiger partial charge in [-0.15, -0.1) is 0 Å². The molecular formula is C24H34O6. The highest BCUT2D eigenvalue weighted by molar-refractivity contribution is 5.92. The minimum absolute atomic E-state index is 0.0408. The smallest absolute Gasteiger partial charge is 0.305 e. The van der Waals surface area contributed by atoms with Crippen LogP contribution in [0.25, 0.3) is 0 Å². The summed E-state index contributed by atoms with van der Waals surface area (Å²) in [5.41, 5.74) is -1.36. The molecule has 166 valence electrons. The predicted molar refractivity (Wildman–Crippen MR) is 109 cm³/mol. The normalized spacial score (nSPS) is 45.1. The molecule has 7 atom stereocenters. The Morgan fingerprint density at radius 3 is 2.63 bits per heavy atom. The molecule has 2 N–H and O–H groups in total. The Morgan fingerprint density at radius 2 is 1.93 bits per heavy atom. The molecule has 6 nitrogen and oxygen atoms in total. The van der Waals surface area contributed by atoms with Gasteiger partial charge in [0.05, 0.1) is 6.10 Å². The van der Waals surface area contributed by atoms with Gasteiger partial charge in [0, 0.05) is 18.3 Å². The Hall–Kier alpha value is -1.53. The first-order chi connectivity index (χ1) is 14.1. The number of rotatable bonds is 4. The van der Waals surface area contributed by atoms with Crippen molar-refractivity contribution in [2.75, 3.05) is 6.61 Å². The number of carbonyl (C=O) groups excluding carboxylic acids is 3. The van der Waals surface area contributed by atoms with Gasteiger partial charge in [-0.3, -0.25) is 14.4 Å². The minimum Gasteiger partial charge on any atom is -0.458 e. The van der Waals surface area contributed by atoms with Gasteiger partial charge >= 0.3 is 5.97 Å². The molecule has 4 aliphatic rings. The number of fused-ring (bicyclic) bond motifs is 5. The molecule has 0 saturated heterocycles. The average molecular weight is 419 g/mol. The van der Waals surface area contributed by atoms with Gasteiger partial charge in [-0.25, -0.2) is 0 Å². The first kappa shape index (κ1) is 21.7. The van der Waals surface area contributed by atoms with Crippen molar-refractivity contribution in [1.29, 1.82) is 0 Å². The zero-order valence-corrected chi connectivity index (χ0v) is 18.3. The van der Waals surface area contributed by atoms with Crippen LogP contribution in [0.1, 0.15) is 72.1 Å². The number of aliphatic hydroxyl groups excluding tert-OH is 1. The lowest BCUT2D eigenvalue weighted by Gasteiger charge is -2.60. The molecule has 0 unspecified atom stereocenters. The summed E-state index contributed by atoms with van der Waals surface area (Å²) in [5, 5.41) is 22.9. The maximum absolute atomic E-state index is 13.0. The molecule has 0 aromatic heterocycles. The Labute approximate surface area is 178 Å². The van der Waals surface area contributed by atoms with Crippen LogP contribution >= 0.6 is 0 Å². The van der Waals surface area contributed by atoms with Crippen molar-refractivity contribution in [3.63, 3.8) is 0 Å². The maximum atomic E-state index is 13.0. The second-order valence-electron chi connectivity index (χ2n) is 10.4. The summed E-state index contributed by atoms with van der Waals surface area (Å²) in [5.74, 6) is -0.364. The second kappa shape index (κ2) is 7.27. The number of hydrogen-bond acceptors (Lipinski definition) is 6. The molecule has 0 bridgehead atoms. The lowest BCUT2D eigenvalue weighted by molar-refractivity contribution is -0.184. The Balaban J connectivity index is 1.62. The molecule has 0 amide bonds. The van der Waals surface area contributed by atoms with E-state index < -0.39 is 35.5 Å². The Bertz CT molecular complexity index is 802. The van der Waals surface area contributed by atoms with Crippen LogP contribution in [0.4, 0.5) is 0 Å². The molecule has 0 radical (unpaired) electrons. The highest BCUT2D eigenvalue weighted by atomic mass is 16.5. The van der Waals surface area contributed by atoms with Crippen LogP contribution in [0, 0.1) is 28.6 Å². The number of Topliss-reactive ketones (excluding diaryl/α,β-unsaturated/α-hetero) is 1. The topological polar surface area (TPSA) is 101 Å². The van der Waals surface area contributed by atoms with Crippen LogP contribution in [-0.4, -0.2) is 46.1 Å². The fourth-order valence-electron chi connectivity index (χ4n) is 7.52. The van der Waals surface area contributed by atoms with E-state index in [0.29, 0.717) is 19.3 Å². The molecule has 6 heteroatoms. The van der Waals surface area contributed by atoms with E-state index in [1.54, 1.807) is 13.0 Å². The molecule has 4 rings (SSSR count). The Morgan fingerprint density at radius 1 is 1.20 bits per heavy atom. The molecule has 4 aliphatic carbocycles. The first-order valence-corrected chi connectivity index (χ1v) is 11.4. The number of allylic oxidation sites excluding steroid dienone is 1. The highest BCUT2D eigenvalue weighted by Gasteiger charge is 2.68. The van der Waals surface area contributed by atoms with E-state index in [0.717, 1.165) is 25.7 Å². The first-order valence-electron chi connectivity index (χ1n) is 11.4. The van der Waals surface area contributed by atoms with E-state index in [4.69, 9.17) is 4.74 Å². The zero-order valence-electron chi connectivity index (χ0n) is 18.3. The zero-order chi connectivity index (χ0) is 21.9. The number of ether oxygens (including phenoxy) is 1. The van der Waals surface area contributed by atoms with Crippen molar-refractivity contribution in [2.24, 2.45) is 28.6 Å². The molecule has 3 saturated carbocycles. The van der Waals surface area contributed by atoms with Crippen LogP contribution in [0.5, 0.6) is 0 Å². The van der Waals surface area contributed by atoms with Crippen molar-refractivity contribution in [2.45, 2.75) is 83.8 Å². The Kier molecular flexibility index (Phi) is 5.25. The lowest BCUT2D eigenvalue weighted by Crippen LogP contribution is -2.62. The summed E-state index contributed by atoms with van der Waals surface area (Å²) >= 11 is 0. The third-order valence-corrected chi connectivity index (χ3v) is 9.16. The lowest BCUT2D eigenvalue weighted by atomic mass is 9.45. The van der Waals surface area contributed by atoms with Gasteiger partial charge < -0.3 is 14.9 Å². The van der Waals surface area contributed by atoms with Gasteiger partial charge in [0.25, 0.3) is 0 Å². The van der Waals surface area contributed by atoms with E-state index in [-0.39, 0.29) is 35.4 Å². The van der Waals surface area contributed by atoms with E-state index in [2.05, 4.69) is 6.92 Å². The van der Waals surface area contributed by atoms with Gasteiger partial charge in [-0.1, -0.05) is 26.3 Å². The quantitative estimate of drug-likeness (QED) is 0.681. The molecule has 3 fully saturated rings. The minimum atomic E-state index is -1.59. The molecule has 0 spiro atoms. The van der Waals surface area contributed by atoms with Crippen LogP contribution in [-0.2, 0) is 19.1 Å². The number of carbonyl (C=O) groups is 3. The molecule has 0 aromatic carbocycles. The van der Waals surface area contributed by atoms with Crippen LogP contribution in [0.2, 0.25) is 0 Å². The molecular weight excluding hydrogens is 384 g/mol. The van der Waals surface area contributed by atoms with Crippen molar-refractivity contribution in [1.82, 2.24) is 0 Å². The van der Waals surface area contributed by atoms with Crippen LogP contribution in [0.15, 0.2) is 11.6 Å². The number of esters is 1. The highest BCUT2D eigenvalue weighted by Crippen LogP contribution is 2.67. The summed E-state index contributed by atoms with van der Waals surface area (Å²) in [7, 11) is 0. The van der Waals surface area contributed by atoms with Crippen molar-refractivity contribution < 1.29 is 29.3 Å². The SMILES string of the molecule is CCC(=O)OCC(=O)[C@@]1(O)CC[C@H]2[C@@H]3CCC4=CC(=O)CC[C@]4(C)[C@H]3[C@@H](O)C[C@]21C. The number of ketones is 2. The molecule has 30 heavy (non-hydrogen) atoms. The largest absolute Gasteiger partial charge is 0.458 e. The third-order valence-electron chi connectivity index (χ3n) is 9.16. The van der Waals surface area contributed by atoms with Crippen molar-refractivity contribution >= 4 is 17.5 Å². The van der Waals surface area contributed by atoms with Crippen molar-refractivity contribution in [3.05, 3.63) is 11.6 Å². The number of aliphatic hydroxyl groups is 2. The van der Waals surface area contributed by atoms with Crippen molar-refractivity contribution in [3.8, 4) is 0 Å². The summed E-state index contributed by atoms with van der Waals surface area (Å²) in [6.45, 7) is 5.37. The standard InChI is InChI=1S/C24H34O6/c1-4-20(28)30-13-19(27)24(29)10-8-17-16-6-5-14-11-15(25)7-9-22(14,2)21(16)18(26)12-23(17,24)3/h11,16-18,21,26,29H,4-10,12-13H2,1-3H3/t16-,17-,18-,21+,22-,23+,24-/m0/s1. The molecule has 0 aliphatic heterocycles. The third kappa shape index (κ3) is 2.94. The van der Waals surface area contributed by atoms with Gasteiger partial charge in [-0.05, 0) is 67.8 Å². The molecule has 0 aromatic rings. The molecule has 0 heterocycles. The second-order valence-corrected chi connectivity index (χ2v) is 10.4. The monoisotopic (exact) mass is 418 g/mol. The van der Waals surface area contributed by atoms with Crippen LogP contribution in [0.3, 0.4) is 0 Å². The van der Waals surface area contributed by atoms with Crippen LogP contribution < -0.4 is 0 Å². The summed E-state index contributed by atoms with van der Waals surface area (Å²) in [4.78, 5) is 36.5.